The Morgan fingerprint density at radius 2 is 1.57 bits per heavy atom. The second-order valence-electron chi connectivity index (χ2n) is 13.2. The zero-order valence-electron chi connectivity index (χ0n) is 26.0. The summed E-state index contributed by atoms with van der Waals surface area (Å²) in [6.45, 7) is 16.5. The maximum Gasteiger partial charge on any atom is 0.242 e. The highest BCUT2D eigenvalue weighted by Gasteiger charge is 2.42. The molecule has 7 nitrogen and oxygen atoms in total. The van der Waals surface area contributed by atoms with Gasteiger partial charge in [0.1, 0.15) is 11.8 Å². The van der Waals surface area contributed by atoms with Gasteiger partial charge in [0.2, 0.25) is 11.8 Å². The van der Waals surface area contributed by atoms with Gasteiger partial charge in [0, 0.05) is 13.2 Å². The van der Waals surface area contributed by atoms with Crippen molar-refractivity contribution in [2.75, 3.05) is 26.3 Å². The van der Waals surface area contributed by atoms with E-state index in [4.69, 9.17) is 9.47 Å². The van der Waals surface area contributed by atoms with Crippen LogP contribution in [0.4, 0.5) is 0 Å². The molecule has 2 fully saturated rings. The van der Waals surface area contributed by atoms with Crippen molar-refractivity contribution in [3.05, 3.63) is 29.8 Å². The van der Waals surface area contributed by atoms with Crippen LogP contribution < -0.4 is 15.4 Å². The predicted octanol–water partition coefficient (Wildman–Crippen LogP) is 5.71. The number of ether oxygens (including phenoxy) is 2. The molecule has 0 aromatic heterocycles. The summed E-state index contributed by atoms with van der Waals surface area (Å²) in [7, 11) is 0. The summed E-state index contributed by atoms with van der Waals surface area (Å²) in [5, 5.41) is 6.47. The van der Waals surface area contributed by atoms with Crippen molar-refractivity contribution < 1.29 is 19.1 Å². The Balaban J connectivity index is 1.69. The van der Waals surface area contributed by atoms with E-state index in [1.807, 2.05) is 26.0 Å². The third-order valence-electron chi connectivity index (χ3n) is 8.19. The summed E-state index contributed by atoms with van der Waals surface area (Å²) >= 11 is 0. The van der Waals surface area contributed by atoms with Crippen LogP contribution in [0.15, 0.2) is 24.3 Å². The first-order chi connectivity index (χ1) is 19.1. The molecule has 1 spiro atoms. The van der Waals surface area contributed by atoms with Gasteiger partial charge in [0.05, 0.1) is 24.2 Å². The van der Waals surface area contributed by atoms with Gasteiger partial charge in [-0.05, 0) is 95.0 Å². The first-order valence-corrected chi connectivity index (χ1v) is 15.7. The van der Waals surface area contributed by atoms with Crippen LogP contribution >= 0.6 is 0 Å². The predicted molar refractivity (Wildman–Crippen MR) is 161 cm³/mol. The van der Waals surface area contributed by atoms with Crippen molar-refractivity contribution >= 4 is 11.8 Å². The summed E-state index contributed by atoms with van der Waals surface area (Å²) in [5.41, 5.74) is 0.829. The molecule has 0 radical (unpaired) electrons. The molecule has 2 aliphatic heterocycles. The standard InChI is InChI=1S/C33H55N3O4/c1-24(2)20-28-23-39-19-9-7-8-14-33(32(38)35-30(21-25(3)4)31(37)34-28)15-17-36(18-16-33)22-27-10-12-29(13-11-27)40-26(5)6/h10-13,24-26,28,30H,7-9,14-23H2,1-6H3,(H,34,37)(H,35,38)/t28-,30-/m0/s1. The van der Waals surface area contributed by atoms with Crippen molar-refractivity contribution in [2.45, 2.75) is 118 Å². The highest BCUT2D eigenvalue weighted by atomic mass is 16.5. The third-order valence-corrected chi connectivity index (χ3v) is 8.19. The molecule has 2 saturated heterocycles. The lowest BCUT2D eigenvalue weighted by atomic mass is 9.73. The van der Waals surface area contributed by atoms with E-state index >= 15 is 0 Å². The largest absolute Gasteiger partial charge is 0.491 e. The van der Waals surface area contributed by atoms with Crippen LogP contribution in [-0.2, 0) is 20.9 Å². The van der Waals surface area contributed by atoms with E-state index < -0.39 is 11.5 Å². The smallest absolute Gasteiger partial charge is 0.242 e. The van der Waals surface area contributed by atoms with Crippen molar-refractivity contribution in [2.24, 2.45) is 17.3 Å². The molecule has 0 bridgehead atoms. The number of carbonyl (C=O) groups excluding carboxylic acids is 2. The van der Waals surface area contributed by atoms with Crippen molar-refractivity contribution in [1.82, 2.24) is 15.5 Å². The maximum absolute atomic E-state index is 14.0. The Labute approximate surface area is 243 Å². The molecule has 0 aliphatic carbocycles. The van der Waals surface area contributed by atoms with E-state index in [1.165, 1.54) is 5.56 Å². The van der Waals surface area contributed by atoms with Crippen LogP contribution in [-0.4, -0.2) is 61.2 Å². The van der Waals surface area contributed by atoms with Crippen molar-refractivity contribution in [1.29, 1.82) is 0 Å². The fraction of sp³-hybridized carbons (Fsp3) is 0.758. The zero-order valence-corrected chi connectivity index (χ0v) is 26.0. The van der Waals surface area contributed by atoms with Gasteiger partial charge in [-0.25, -0.2) is 0 Å². The lowest BCUT2D eigenvalue weighted by Gasteiger charge is -2.42. The molecule has 0 saturated carbocycles. The summed E-state index contributed by atoms with van der Waals surface area (Å²) in [5.74, 6) is 1.63. The fourth-order valence-corrected chi connectivity index (χ4v) is 6.06. The third kappa shape index (κ3) is 10.4. The Morgan fingerprint density at radius 3 is 2.20 bits per heavy atom. The van der Waals surface area contributed by atoms with E-state index in [9.17, 15) is 9.59 Å². The van der Waals surface area contributed by atoms with Gasteiger partial charge < -0.3 is 20.1 Å². The summed E-state index contributed by atoms with van der Waals surface area (Å²) in [6, 6.07) is 7.81. The fourth-order valence-electron chi connectivity index (χ4n) is 6.06. The van der Waals surface area contributed by atoms with Gasteiger partial charge in [-0.2, -0.15) is 0 Å². The van der Waals surface area contributed by atoms with Crippen molar-refractivity contribution in [3.8, 4) is 5.75 Å². The lowest BCUT2D eigenvalue weighted by molar-refractivity contribution is -0.139. The highest BCUT2D eigenvalue weighted by molar-refractivity contribution is 5.90. The molecule has 3 rings (SSSR count). The monoisotopic (exact) mass is 557 g/mol. The molecule has 7 heteroatoms. The topological polar surface area (TPSA) is 79.9 Å². The van der Waals surface area contributed by atoms with Crippen molar-refractivity contribution in [3.63, 3.8) is 0 Å². The summed E-state index contributed by atoms with van der Waals surface area (Å²) in [4.78, 5) is 29.9. The zero-order chi connectivity index (χ0) is 29.1. The number of benzene rings is 1. The second kappa shape index (κ2) is 15.8. The van der Waals surface area contributed by atoms with E-state index in [2.05, 4.69) is 55.4 Å². The highest BCUT2D eigenvalue weighted by Crippen LogP contribution is 2.38. The lowest BCUT2D eigenvalue weighted by Crippen LogP contribution is -2.56. The van der Waals surface area contributed by atoms with Crippen LogP contribution in [0, 0.1) is 17.3 Å². The minimum absolute atomic E-state index is 0.0368. The van der Waals surface area contributed by atoms with Gasteiger partial charge in [0.25, 0.3) is 0 Å². The van der Waals surface area contributed by atoms with Crippen LogP contribution in [0.3, 0.4) is 0 Å². The Bertz CT molecular complexity index is 907. The maximum atomic E-state index is 14.0. The number of nitrogens with zero attached hydrogens (tertiary/aromatic N) is 1. The molecule has 2 amide bonds. The molecular formula is C33H55N3O4. The van der Waals surface area contributed by atoms with E-state index in [1.54, 1.807) is 0 Å². The minimum Gasteiger partial charge on any atom is -0.491 e. The van der Waals surface area contributed by atoms with Crippen LogP contribution in [0.1, 0.15) is 98.5 Å². The van der Waals surface area contributed by atoms with E-state index in [0.717, 1.165) is 70.3 Å². The van der Waals surface area contributed by atoms with Gasteiger partial charge in [0.15, 0.2) is 0 Å². The van der Waals surface area contributed by atoms with Gasteiger partial charge in [-0.1, -0.05) is 52.7 Å². The number of hydrogen-bond acceptors (Lipinski definition) is 5. The van der Waals surface area contributed by atoms with Gasteiger partial charge >= 0.3 is 0 Å². The molecule has 40 heavy (non-hydrogen) atoms. The average Bonchev–Trinajstić information content (AvgIpc) is 2.88. The number of piperidine rings is 1. The number of likely N-dealkylation sites (tertiary alicyclic amines) is 1. The second-order valence-corrected chi connectivity index (χ2v) is 13.2. The first-order valence-electron chi connectivity index (χ1n) is 15.7. The van der Waals surface area contributed by atoms with E-state index in [0.29, 0.717) is 31.5 Å². The Kier molecular flexibility index (Phi) is 12.8. The molecule has 0 unspecified atom stereocenters. The number of amides is 2. The Morgan fingerprint density at radius 1 is 0.900 bits per heavy atom. The first kappa shape index (κ1) is 32.4. The van der Waals surface area contributed by atoms with Gasteiger partial charge in [-0.15, -0.1) is 0 Å². The summed E-state index contributed by atoms with van der Waals surface area (Å²) in [6.07, 6.45) is 7.19. The number of nitrogens with one attached hydrogen (secondary N) is 2. The molecule has 1 aromatic carbocycles. The van der Waals surface area contributed by atoms with Crippen LogP contribution in [0.25, 0.3) is 0 Å². The molecule has 2 heterocycles. The van der Waals surface area contributed by atoms with Crippen LogP contribution in [0.2, 0.25) is 0 Å². The quantitative estimate of drug-likeness (QED) is 0.428. The number of hydrogen-bond donors (Lipinski definition) is 2. The van der Waals surface area contributed by atoms with Gasteiger partial charge in [-0.3, -0.25) is 14.5 Å². The summed E-state index contributed by atoms with van der Waals surface area (Å²) < 4.78 is 11.8. The van der Waals surface area contributed by atoms with E-state index in [-0.39, 0.29) is 24.0 Å². The molecular weight excluding hydrogens is 502 g/mol. The number of rotatable bonds is 8. The minimum atomic E-state index is -0.522. The molecule has 2 aliphatic rings. The van der Waals surface area contributed by atoms with Crippen LogP contribution in [0.5, 0.6) is 5.75 Å². The normalized spacial score (nSPS) is 23.7. The number of carbonyl (C=O) groups is 2. The molecule has 1 aromatic rings. The molecule has 226 valence electrons. The average molecular weight is 558 g/mol. The molecule has 2 N–H and O–H groups in total. The SMILES string of the molecule is CC(C)C[C@H]1COCCCCCC2(CCN(Cc3ccc(OC(C)C)cc3)CC2)C(=O)N[C@@H](CC(C)C)C(=O)N1. The Hall–Kier alpha value is -2.12. The molecule has 2 atom stereocenters.